The Hall–Kier alpha value is -2.10. The zero-order valence-corrected chi connectivity index (χ0v) is 8.43. The lowest BCUT2D eigenvalue weighted by atomic mass is 10.1. The molecule has 1 aromatic rings. The fraction of sp³-hybridized carbons (Fsp3) is 0.0909. The summed E-state index contributed by atoms with van der Waals surface area (Å²) in [6.07, 6.45) is 8.39. The first-order chi connectivity index (χ1) is 7.15. The van der Waals surface area contributed by atoms with E-state index in [4.69, 9.17) is 0 Å². The van der Waals surface area contributed by atoms with Gasteiger partial charge in [0.25, 0.3) is 0 Å². The second-order valence-electron chi connectivity index (χ2n) is 2.99. The molecule has 0 fully saturated rings. The highest BCUT2D eigenvalue weighted by Crippen LogP contribution is 2.14. The van der Waals surface area contributed by atoms with E-state index in [9.17, 15) is 10.1 Å². The minimum absolute atomic E-state index is 0.102. The predicted octanol–water partition coefficient (Wildman–Crippen LogP) is 2.76. The summed E-state index contributed by atoms with van der Waals surface area (Å²) >= 11 is 0. The van der Waals surface area contributed by atoms with Gasteiger partial charge in [-0.05, 0) is 23.3 Å². The monoisotopic (exact) mass is 204 g/mol. The predicted molar refractivity (Wildman–Crippen MR) is 59.7 cm³/mol. The van der Waals surface area contributed by atoms with Gasteiger partial charge in [-0.15, -0.1) is 0 Å². The lowest BCUT2D eigenvalue weighted by Gasteiger charge is -1.95. The van der Waals surface area contributed by atoms with E-state index < -0.39 is 4.92 Å². The molecule has 0 unspecified atom stereocenters. The highest BCUT2D eigenvalue weighted by Gasteiger charge is 2.00. The first-order valence-electron chi connectivity index (χ1n) is 4.43. The van der Waals surface area contributed by atoms with Crippen molar-refractivity contribution in [2.45, 2.75) is 6.92 Å². The van der Waals surface area contributed by atoms with Gasteiger partial charge in [0.05, 0.1) is 4.92 Å². The highest BCUT2D eigenvalue weighted by atomic mass is 16.6. The molecule has 0 amide bonds. The third kappa shape index (κ3) is 2.95. The van der Waals surface area contributed by atoms with Crippen LogP contribution in [0.25, 0.3) is 5.57 Å². The number of rotatable bonds is 4. The largest absolute Gasteiger partial charge is 0.367 e. The molecule has 15 heavy (non-hydrogen) atoms. The molecule has 78 valence electrons. The van der Waals surface area contributed by atoms with Crippen molar-refractivity contribution in [1.29, 1.82) is 0 Å². The molecule has 4 nitrogen and oxygen atoms in total. The summed E-state index contributed by atoms with van der Waals surface area (Å²) < 4.78 is 0. The maximum Gasteiger partial charge on any atom is 0.243 e. The van der Waals surface area contributed by atoms with Crippen LogP contribution in [0.5, 0.6) is 0 Å². The van der Waals surface area contributed by atoms with Crippen LogP contribution in [-0.2, 0) is 0 Å². The van der Waals surface area contributed by atoms with Crippen LogP contribution in [0.1, 0.15) is 12.5 Å². The number of aromatic nitrogens is 1. The summed E-state index contributed by atoms with van der Waals surface area (Å²) in [5, 5.41) is 10.4. The average Bonchev–Trinajstić information content (AvgIpc) is 2.71. The summed E-state index contributed by atoms with van der Waals surface area (Å²) in [6, 6.07) is 1.88. The van der Waals surface area contributed by atoms with Crippen LogP contribution in [0.3, 0.4) is 0 Å². The van der Waals surface area contributed by atoms with E-state index in [1.54, 1.807) is 18.3 Å². The molecular formula is C11H12N2O2. The SMILES string of the molecule is C=C/C(=C\C=C(/C)[N+](=O)[O-])c1cc[nH]c1. The Morgan fingerprint density at radius 3 is 2.80 bits per heavy atom. The van der Waals surface area contributed by atoms with Crippen molar-refractivity contribution in [2.24, 2.45) is 0 Å². The number of allylic oxidation sites excluding steroid dienone is 5. The van der Waals surface area contributed by atoms with Gasteiger partial charge in [0, 0.05) is 25.4 Å². The van der Waals surface area contributed by atoms with Gasteiger partial charge in [0.1, 0.15) is 0 Å². The molecule has 0 aliphatic rings. The number of hydrogen-bond acceptors (Lipinski definition) is 2. The molecule has 1 heterocycles. The van der Waals surface area contributed by atoms with Gasteiger partial charge >= 0.3 is 0 Å². The van der Waals surface area contributed by atoms with Crippen molar-refractivity contribution < 1.29 is 4.92 Å². The highest BCUT2D eigenvalue weighted by molar-refractivity contribution is 5.74. The molecular weight excluding hydrogens is 192 g/mol. The molecule has 1 rings (SSSR count). The van der Waals surface area contributed by atoms with E-state index in [-0.39, 0.29) is 5.70 Å². The Morgan fingerprint density at radius 2 is 2.33 bits per heavy atom. The van der Waals surface area contributed by atoms with Crippen LogP contribution in [0.2, 0.25) is 0 Å². The minimum Gasteiger partial charge on any atom is -0.367 e. The second kappa shape index (κ2) is 4.95. The molecule has 0 radical (unpaired) electrons. The number of nitrogens with one attached hydrogen (secondary N) is 1. The zero-order valence-electron chi connectivity index (χ0n) is 8.43. The molecule has 0 aromatic carbocycles. The summed E-state index contributed by atoms with van der Waals surface area (Å²) in [7, 11) is 0. The number of nitrogens with zero attached hydrogens (tertiary/aromatic N) is 1. The molecule has 1 aromatic heterocycles. The van der Waals surface area contributed by atoms with Crippen LogP contribution in [0.15, 0.2) is 49.0 Å². The van der Waals surface area contributed by atoms with Gasteiger partial charge in [-0.1, -0.05) is 12.7 Å². The Labute approximate surface area is 87.8 Å². The van der Waals surface area contributed by atoms with Crippen molar-refractivity contribution in [1.82, 2.24) is 4.98 Å². The van der Waals surface area contributed by atoms with Gasteiger partial charge in [0.15, 0.2) is 0 Å². The normalized spacial score (nSPS) is 12.6. The number of hydrogen-bond donors (Lipinski definition) is 1. The molecule has 0 saturated heterocycles. The Morgan fingerprint density at radius 1 is 1.60 bits per heavy atom. The molecule has 4 heteroatoms. The van der Waals surface area contributed by atoms with Crippen LogP contribution in [0.4, 0.5) is 0 Å². The number of nitro groups is 1. The molecule has 1 N–H and O–H groups in total. The quantitative estimate of drug-likeness (QED) is 0.465. The molecule has 0 bridgehead atoms. The zero-order chi connectivity index (χ0) is 11.3. The molecule has 0 spiro atoms. The topological polar surface area (TPSA) is 58.9 Å². The molecule has 0 aliphatic heterocycles. The van der Waals surface area contributed by atoms with E-state index in [1.807, 2.05) is 12.3 Å². The number of H-pyrrole nitrogens is 1. The Kier molecular flexibility index (Phi) is 3.62. The van der Waals surface area contributed by atoms with E-state index in [2.05, 4.69) is 11.6 Å². The fourth-order valence-electron chi connectivity index (χ4n) is 1.06. The van der Waals surface area contributed by atoms with Gasteiger partial charge in [-0.25, -0.2) is 0 Å². The van der Waals surface area contributed by atoms with E-state index in [0.717, 1.165) is 11.1 Å². The van der Waals surface area contributed by atoms with Crippen molar-refractivity contribution in [3.8, 4) is 0 Å². The molecule has 0 aliphatic carbocycles. The summed E-state index contributed by atoms with van der Waals surface area (Å²) in [4.78, 5) is 12.9. The van der Waals surface area contributed by atoms with Crippen LogP contribution in [0, 0.1) is 10.1 Å². The Balaban J connectivity index is 2.94. The molecule has 0 atom stereocenters. The van der Waals surface area contributed by atoms with E-state index in [0.29, 0.717) is 0 Å². The van der Waals surface area contributed by atoms with Gasteiger partial charge in [-0.2, -0.15) is 0 Å². The first-order valence-corrected chi connectivity index (χ1v) is 4.43. The Bertz CT molecular complexity index is 414. The third-order valence-corrected chi connectivity index (χ3v) is 1.94. The van der Waals surface area contributed by atoms with Gasteiger partial charge in [0.2, 0.25) is 5.70 Å². The van der Waals surface area contributed by atoms with Gasteiger partial charge in [-0.3, -0.25) is 10.1 Å². The van der Waals surface area contributed by atoms with Crippen LogP contribution >= 0.6 is 0 Å². The third-order valence-electron chi connectivity index (χ3n) is 1.94. The lowest BCUT2D eigenvalue weighted by molar-refractivity contribution is -0.424. The average molecular weight is 204 g/mol. The molecule has 0 saturated carbocycles. The summed E-state index contributed by atoms with van der Waals surface area (Å²) in [6.45, 7) is 5.11. The van der Waals surface area contributed by atoms with Crippen LogP contribution < -0.4 is 0 Å². The van der Waals surface area contributed by atoms with Crippen molar-refractivity contribution in [3.63, 3.8) is 0 Å². The minimum atomic E-state index is -0.422. The van der Waals surface area contributed by atoms with E-state index >= 15 is 0 Å². The summed E-state index contributed by atoms with van der Waals surface area (Å²) in [5.74, 6) is 0. The van der Waals surface area contributed by atoms with Gasteiger partial charge < -0.3 is 4.98 Å². The smallest absolute Gasteiger partial charge is 0.243 e. The maximum atomic E-state index is 10.4. The lowest BCUT2D eigenvalue weighted by Crippen LogP contribution is -1.92. The standard InChI is InChI=1S/C11H12N2O2/c1-3-10(11-6-7-12-8-11)5-4-9(2)13(14)15/h3-8,12H,1H2,2H3/b9-4+,10-5+. The van der Waals surface area contributed by atoms with Crippen molar-refractivity contribution >= 4 is 5.57 Å². The number of aromatic amines is 1. The maximum absolute atomic E-state index is 10.4. The van der Waals surface area contributed by atoms with Crippen molar-refractivity contribution in [2.75, 3.05) is 0 Å². The first kappa shape index (κ1) is 11.0. The van der Waals surface area contributed by atoms with E-state index in [1.165, 1.54) is 13.0 Å². The van der Waals surface area contributed by atoms with Crippen LogP contribution in [-0.4, -0.2) is 9.91 Å². The second-order valence-corrected chi connectivity index (χ2v) is 2.99. The fourth-order valence-corrected chi connectivity index (χ4v) is 1.06. The summed E-state index contributed by atoms with van der Waals surface area (Å²) in [5.41, 5.74) is 1.90. The van der Waals surface area contributed by atoms with Crippen molar-refractivity contribution in [3.05, 3.63) is 64.6 Å².